The molecule has 1 aromatic carbocycles. The third kappa shape index (κ3) is 4.89. The molecule has 6 heteroatoms. The summed E-state index contributed by atoms with van der Waals surface area (Å²) < 4.78 is 5.79. The average molecular weight is 350 g/mol. The van der Waals surface area contributed by atoms with Crippen LogP contribution in [-0.4, -0.2) is 24.7 Å². The Morgan fingerprint density at radius 2 is 2.05 bits per heavy atom. The number of halogens is 3. The number of pyridine rings is 1. The van der Waals surface area contributed by atoms with E-state index in [4.69, 9.17) is 27.9 Å². The molecule has 0 unspecified atom stereocenters. The Balaban J connectivity index is 0.00000220. The maximum Gasteiger partial charge on any atom is 0.164 e. The van der Waals surface area contributed by atoms with Gasteiger partial charge in [0.1, 0.15) is 5.52 Å². The van der Waals surface area contributed by atoms with Gasteiger partial charge in [-0.3, -0.25) is 4.98 Å². The largest absolute Gasteiger partial charge is 0.490 e. The van der Waals surface area contributed by atoms with Crippen LogP contribution in [0.25, 0.3) is 10.9 Å². The topological polar surface area (TPSA) is 34.1 Å². The molecule has 2 aromatic rings. The van der Waals surface area contributed by atoms with E-state index in [0.717, 1.165) is 31.3 Å². The van der Waals surface area contributed by atoms with Gasteiger partial charge in [0.25, 0.3) is 0 Å². The van der Waals surface area contributed by atoms with Gasteiger partial charge in [0.05, 0.1) is 16.7 Å². The molecule has 1 N–H and O–H groups in total. The molecule has 1 aromatic heterocycles. The summed E-state index contributed by atoms with van der Waals surface area (Å²) in [5, 5.41) is 5.29. The van der Waals surface area contributed by atoms with E-state index in [-0.39, 0.29) is 12.4 Å². The van der Waals surface area contributed by atoms with Gasteiger partial charge in [-0.25, -0.2) is 0 Å². The first kappa shape index (κ1) is 18.3. The van der Waals surface area contributed by atoms with Crippen molar-refractivity contribution >= 4 is 46.5 Å². The predicted octanol–water partition coefficient (Wildman–Crippen LogP) is 4.73. The van der Waals surface area contributed by atoms with E-state index in [1.165, 1.54) is 0 Å². The highest BCUT2D eigenvalue weighted by Gasteiger charge is 2.12. The molecule has 2 rings (SSSR count). The number of nitrogens with one attached hydrogen (secondary N) is 1. The van der Waals surface area contributed by atoms with Gasteiger partial charge in [-0.1, -0.05) is 30.1 Å². The summed E-state index contributed by atoms with van der Waals surface area (Å²) in [4.78, 5) is 4.32. The molecule has 0 amide bonds. The van der Waals surface area contributed by atoms with Crippen LogP contribution in [0, 0.1) is 0 Å². The summed E-state index contributed by atoms with van der Waals surface area (Å²) in [5.74, 6) is 0.613. The van der Waals surface area contributed by atoms with E-state index in [1.807, 2.05) is 12.1 Å². The van der Waals surface area contributed by atoms with E-state index in [9.17, 15) is 0 Å². The highest BCUT2D eigenvalue weighted by molar-refractivity contribution is 6.39. The third-order valence-electron chi connectivity index (χ3n) is 2.92. The van der Waals surface area contributed by atoms with Crippen molar-refractivity contribution in [2.45, 2.75) is 19.8 Å². The highest BCUT2D eigenvalue weighted by atomic mass is 35.5. The van der Waals surface area contributed by atoms with Crippen LogP contribution in [0.5, 0.6) is 5.75 Å². The number of aromatic nitrogens is 1. The molecule has 0 fully saturated rings. The van der Waals surface area contributed by atoms with E-state index in [0.29, 0.717) is 27.9 Å². The SMILES string of the molecule is CCCNCCCOc1c(Cl)cc(Cl)c2cccnc12.Cl. The first-order valence-electron chi connectivity index (χ1n) is 6.80. The van der Waals surface area contributed by atoms with E-state index in [2.05, 4.69) is 17.2 Å². The molecular formula is C15H19Cl3N2O. The van der Waals surface area contributed by atoms with Gasteiger partial charge in [-0.15, -0.1) is 12.4 Å². The molecule has 3 nitrogen and oxygen atoms in total. The zero-order valence-electron chi connectivity index (χ0n) is 11.9. The van der Waals surface area contributed by atoms with Gasteiger partial charge >= 0.3 is 0 Å². The smallest absolute Gasteiger partial charge is 0.164 e. The van der Waals surface area contributed by atoms with E-state index in [1.54, 1.807) is 12.3 Å². The summed E-state index contributed by atoms with van der Waals surface area (Å²) in [6.45, 7) is 4.72. The summed E-state index contributed by atoms with van der Waals surface area (Å²) in [6, 6.07) is 5.47. The monoisotopic (exact) mass is 348 g/mol. The lowest BCUT2D eigenvalue weighted by atomic mass is 10.2. The molecule has 0 atom stereocenters. The quantitative estimate of drug-likeness (QED) is 0.734. The van der Waals surface area contributed by atoms with Crippen LogP contribution in [0.2, 0.25) is 10.0 Å². The minimum atomic E-state index is 0. The fourth-order valence-electron chi connectivity index (χ4n) is 1.96. The van der Waals surface area contributed by atoms with Crippen LogP contribution >= 0.6 is 35.6 Å². The molecule has 0 aliphatic heterocycles. The maximum atomic E-state index is 6.21. The van der Waals surface area contributed by atoms with Crippen LogP contribution in [0.1, 0.15) is 19.8 Å². The second-order valence-corrected chi connectivity index (χ2v) is 5.34. The number of fused-ring (bicyclic) bond motifs is 1. The first-order chi connectivity index (χ1) is 9.74. The minimum absolute atomic E-state index is 0. The number of hydrogen-bond donors (Lipinski definition) is 1. The molecule has 0 saturated heterocycles. The Bertz CT molecular complexity index is 578. The lowest BCUT2D eigenvalue weighted by Gasteiger charge is -2.11. The van der Waals surface area contributed by atoms with Gasteiger partial charge in [0.2, 0.25) is 0 Å². The Morgan fingerprint density at radius 1 is 1.24 bits per heavy atom. The van der Waals surface area contributed by atoms with Crippen LogP contribution in [0.3, 0.4) is 0 Å². The molecule has 0 aliphatic rings. The summed E-state index contributed by atoms with van der Waals surface area (Å²) >= 11 is 12.4. The summed E-state index contributed by atoms with van der Waals surface area (Å²) in [6.07, 6.45) is 3.77. The van der Waals surface area contributed by atoms with Crippen molar-refractivity contribution in [2.24, 2.45) is 0 Å². The van der Waals surface area contributed by atoms with Gasteiger partial charge in [0, 0.05) is 11.6 Å². The molecule has 116 valence electrons. The van der Waals surface area contributed by atoms with Crippen LogP contribution < -0.4 is 10.1 Å². The Kier molecular flexibility index (Phi) is 8.12. The number of hydrogen-bond acceptors (Lipinski definition) is 3. The van der Waals surface area contributed by atoms with Gasteiger partial charge in [-0.2, -0.15) is 0 Å². The van der Waals surface area contributed by atoms with Crippen molar-refractivity contribution in [1.29, 1.82) is 0 Å². The summed E-state index contributed by atoms with van der Waals surface area (Å²) in [5.41, 5.74) is 0.714. The molecule has 0 radical (unpaired) electrons. The predicted molar refractivity (Wildman–Crippen MR) is 92.3 cm³/mol. The molecule has 21 heavy (non-hydrogen) atoms. The normalized spacial score (nSPS) is 10.4. The fraction of sp³-hybridized carbons (Fsp3) is 0.400. The number of ether oxygens (including phenoxy) is 1. The zero-order valence-corrected chi connectivity index (χ0v) is 14.2. The molecule has 0 bridgehead atoms. The molecule has 0 spiro atoms. The van der Waals surface area contributed by atoms with Crippen molar-refractivity contribution in [3.05, 3.63) is 34.4 Å². The zero-order chi connectivity index (χ0) is 14.4. The Labute approximate surface area is 141 Å². The van der Waals surface area contributed by atoms with Gasteiger partial charge < -0.3 is 10.1 Å². The van der Waals surface area contributed by atoms with Crippen LogP contribution in [0.4, 0.5) is 0 Å². The second-order valence-electron chi connectivity index (χ2n) is 4.52. The minimum Gasteiger partial charge on any atom is -0.490 e. The summed E-state index contributed by atoms with van der Waals surface area (Å²) in [7, 11) is 0. The fourth-order valence-corrected chi connectivity index (χ4v) is 2.53. The van der Waals surface area contributed by atoms with Gasteiger partial charge in [0.15, 0.2) is 5.75 Å². The lowest BCUT2D eigenvalue weighted by Crippen LogP contribution is -2.18. The second kappa shape index (κ2) is 9.31. The number of rotatable bonds is 7. The average Bonchev–Trinajstić information content (AvgIpc) is 2.45. The highest BCUT2D eigenvalue weighted by Crippen LogP contribution is 2.36. The van der Waals surface area contributed by atoms with E-state index < -0.39 is 0 Å². The van der Waals surface area contributed by atoms with Crippen LogP contribution in [-0.2, 0) is 0 Å². The van der Waals surface area contributed by atoms with E-state index >= 15 is 0 Å². The number of nitrogens with zero attached hydrogens (tertiary/aromatic N) is 1. The number of benzene rings is 1. The molecule has 1 heterocycles. The van der Waals surface area contributed by atoms with Crippen LogP contribution in [0.15, 0.2) is 24.4 Å². The Hall–Kier alpha value is -0.740. The third-order valence-corrected chi connectivity index (χ3v) is 3.51. The molecule has 0 saturated carbocycles. The molecule has 0 aliphatic carbocycles. The van der Waals surface area contributed by atoms with Crippen molar-refractivity contribution in [3.63, 3.8) is 0 Å². The van der Waals surface area contributed by atoms with Gasteiger partial charge in [-0.05, 0) is 44.1 Å². The maximum absolute atomic E-state index is 6.21. The van der Waals surface area contributed by atoms with Crippen molar-refractivity contribution < 1.29 is 4.74 Å². The molecular weight excluding hydrogens is 331 g/mol. The Morgan fingerprint density at radius 3 is 2.81 bits per heavy atom. The van der Waals surface area contributed by atoms with Crippen molar-refractivity contribution in [2.75, 3.05) is 19.7 Å². The van der Waals surface area contributed by atoms with Crippen molar-refractivity contribution in [3.8, 4) is 5.75 Å². The standard InChI is InChI=1S/C15H18Cl2N2O.ClH/c1-2-6-18-7-4-9-20-15-13(17)10-12(16)11-5-3-8-19-14(11)15;/h3,5,8,10,18H,2,4,6-7,9H2,1H3;1H. The van der Waals surface area contributed by atoms with Crippen molar-refractivity contribution in [1.82, 2.24) is 10.3 Å². The first-order valence-corrected chi connectivity index (χ1v) is 7.56. The lowest BCUT2D eigenvalue weighted by molar-refractivity contribution is 0.311.